The third kappa shape index (κ3) is 4.96. The second-order valence-electron chi connectivity index (χ2n) is 6.49. The number of carbonyl (C=O) groups excluding carboxylic acids is 1. The van der Waals surface area contributed by atoms with Crippen molar-refractivity contribution >= 4 is 18.3 Å². The van der Waals surface area contributed by atoms with E-state index in [4.69, 9.17) is 5.73 Å². The molecule has 2 fully saturated rings. The summed E-state index contributed by atoms with van der Waals surface area (Å²) in [4.78, 5) is 14.2. The molecular weight excluding hydrogens is 260 g/mol. The van der Waals surface area contributed by atoms with Gasteiger partial charge in [0.25, 0.3) is 0 Å². The van der Waals surface area contributed by atoms with Crippen LogP contribution in [0.15, 0.2) is 0 Å². The Morgan fingerprint density at radius 3 is 2.42 bits per heavy atom. The molecule has 2 aliphatic carbocycles. The molecule has 2 saturated carbocycles. The molecule has 2 N–H and O–H groups in total. The van der Waals surface area contributed by atoms with Gasteiger partial charge in [-0.1, -0.05) is 32.1 Å². The minimum absolute atomic E-state index is 0. The Kier molecular flexibility index (Phi) is 6.61. The predicted molar refractivity (Wildman–Crippen MR) is 81.4 cm³/mol. The highest BCUT2D eigenvalue weighted by Gasteiger charge is 2.34. The summed E-state index contributed by atoms with van der Waals surface area (Å²) in [5.74, 6) is 1.21. The van der Waals surface area contributed by atoms with Crippen LogP contribution in [0, 0.1) is 11.3 Å². The summed E-state index contributed by atoms with van der Waals surface area (Å²) in [5.41, 5.74) is 6.06. The van der Waals surface area contributed by atoms with Crippen molar-refractivity contribution in [1.29, 1.82) is 0 Å². The van der Waals surface area contributed by atoms with Crippen LogP contribution in [-0.4, -0.2) is 30.9 Å². The molecule has 19 heavy (non-hydrogen) atoms. The van der Waals surface area contributed by atoms with E-state index in [-0.39, 0.29) is 17.8 Å². The molecule has 0 spiro atoms. The van der Waals surface area contributed by atoms with Gasteiger partial charge in [0.2, 0.25) is 5.91 Å². The first-order chi connectivity index (χ1) is 8.65. The van der Waals surface area contributed by atoms with Gasteiger partial charge in [-0.05, 0) is 37.1 Å². The Morgan fingerprint density at radius 2 is 1.89 bits per heavy atom. The quantitative estimate of drug-likeness (QED) is 0.817. The zero-order chi connectivity index (χ0) is 13.0. The van der Waals surface area contributed by atoms with E-state index in [1.54, 1.807) is 0 Å². The molecule has 4 heteroatoms. The van der Waals surface area contributed by atoms with Gasteiger partial charge >= 0.3 is 0 Å². The van der Waals surface area contributed by atoms with E-state index in [0.717, 1.165) is 25.3 Å². The number of halogens is 1. The highest BCUT2D eigenvalue weighted by Crippen LogP contribution is 2.39. The average Bonchev–Trinajstić information content (AvgIpc) is 3.21. The minimum atomic E-state index is 0. The lowest BCUT2D eigenvalue weighted by Gasteiger charge is -2.36. The summed E-state index contributed by atoms with van der Waals surface area (Å²) in [6.07, 6.45) is 10.7. The van der Waals surface area contributed by atoms with Crippen LogP contribution in [0.3, 0.4) is 0 Å². The molecule has 2 aliphatic rings. The van der Waals surface area contributed by atoms with Crippen LogP contribution in [0.1, 0.15) is 57.8 Å². The van der Waals surface area contributed by atoms with Gasteiger partial charge in [0.15, 0.2) is 0 Å². The number of amides is 1. The summed E-state index contributed by atoms with van der Waals surface area (Å²) in [7, 11) is 1.96. The van der Waals surface area contributed by atoms with Gasteiger partial charge in [0.05, 0.1) is 0 Å². The summed E-state index contributed by atoms with van der Waals surface area (Å²) >= 11 is 0. The monoisotopic (exact) mass is 288 g/mol. The number of hydrogen-bond donors (Lipinski definition) is 1. The standard InChI is InChI=1S/C15H28N2O.ClH/c1-17(10-7-13-5-6-13)14(18)11-15(12-16)8-3-2-4-9-15;/h13H,2-12,16H2,1H3;1H. The number of hydrogen-bond acceptors (Lipinski definition) is 2. The molecule has 0 bridgehead atoms. The van der Waals surface area contributed by atoms with Crippen molar-refractivity contribution in [1.82, 2.24) is 4.90 Å². The number of rotatable bonds is 6. The van der Waals surface area contributed by atoms with E-state index in [2.05, 4.69) is 0 Å². The van der Waals surface area contributed by atoms with Crippen LogP contribution in [0.2, 0.25) is 0 Å². The zero-order valence-corrected chi connectivity index (χ0v) is 13.0. The maximum Gasteiger partial charge on any atom is 0.222 e. The summed E-state index contributed by atoms with van der Waals surface area (Å²) < 4.78 is 0. The summed E-state index contributed by atoms with van der Waals surface area (Å²) in [6, 6.07) is 0. The van der Waals surface area contributed by atoms with Gasteiger partial charge in [0.1, 0.15) is 0 Å². The molecule has 0 aromatic rings. The summed E-state index contributed by atoms with van der Waals surface area (Å²) in [6.45, 7) is 1.61. The molecule has 0 aromatic carbocycles. The van der Waals surface area contributed by atoms with Crippen molar-refractivity contribution in [2.45, 2.75) is 57.8 Å². The lowest BCUT2D eigenvalue weighted by Crippen LogP contribution is -2.39. The molecule has 2 rings (SSSR count). The number of nitrogens with two attached hydrogens (primary N) is 1. The molecule has 112 valence electrons. The van der Waals surface area contributed by atoms with Gasteiger partial charge in [-0.15, -0.1) is 12.4 Å². The normalized spacial score (nSPS) is 21.6. The topological polar surface area (TPSA) is 46.3 Å². The zero-order valence-electron chi connectivity index (χ0n) is 12.2. The van der Waals surface area contributed by atoms with Gasteiger partial charge in [-0.25, -0.2) is 0 Å². The lowest BCUT2D eigenvalue weighted by atomic mass is 9.71. The second-order valence-corrected chi connectivity index (χ2v) is 6.49. The van der Waals surface area contributed by atoms with E-state index in [1.165, 1.54) is 38.5 Å². The molecule has 0 atom stereocenters. The summed E-state index contributed by atoms with van der Waals surface area (Å²) in [5, 5.41) is 0. The highest BCUT2D eigenvalue weighted by molar-refractivity contribution is 5.85. The van der Waals surface area contributed by atoms with Gasteiger partial charge in [-0.3, -0.25) is 4.79 Å². The van der Waals surface area contributed by atoms with Crippen molar-refractivity contribution < 1.29 is 4.79 Å². The third-order valence-corrected chi connectivity index (χ3v) is 4.87. The molecule has 0 heterocycles. The minimum Gasteiger partial charge on any atom is -0.346 e. The molecule has 1 amide bonds. The van der Waals surface area contributed by atoms with E-state index in [0.29, 0.717) is 18.9 Å². The van der Waals surface area contributed by atoms with Gasteiger partial charge in [0, 0.05) is 20.0 Å². The van der Waals surface area contributed by atoms with E-state index < -0.39 is 0 Å². The van der Waals surface area contributed by atoms with Crippen molar-refractivity contribution in [2.75, 3.05) is 20.1 Å². The van der Waals surface area contributed by atoms with E-state index >= 15 is 0 Å². The largest absolute Gasteiger partial charge is 0.346 e. The molecule has 0 aromatic heterocycles. The first-order valence-corrected chi connectivity index (χ1v) is 7.59. The van der Waals surface area contributed by atoms with E-state index in [1.807, 2.05) is 11.9 Å². The Bertz CT molecular complexity index is 286. The molecular formula is C15H29ClN2O. The maximum atomic E-state index is 12.3. The van der Waals surface area contributed by atoms with Crippen molar-refractivity contribution in [3.63, 3.8) is 0 Å². The smallest absolute Gasteiger partial charge is 0.222 e. The maximum absolute atomic E-state index is 12.3. The van der Waals surface area contributed by atoms with Crippen LogP contribution in [0.4, 0.5) is 0 Å². The fourth-order valence-electron chi connectivity index (χ4n) is 3.12. The van der Waals surface area contributed by atoms with Crippen LogP contribution in [-0.2, 0) is 4.79 Å². The fraction of sp³-hybridized carbons (Fsp3) is 0.933. The van der Waals surface area contributed by atoms with Gasteiger partial charge in [-0.2, -0.15) is 0 Å². The van der Waals surface area contributed by atoms with Crippen LogP contribution in [0.25, 0.3) is 0 Å². The van der Waals surface area contributed by atoms with Crippen LogP contribution >= 0.6 is 12.4 Å². The Morgan fingerprint density at radius 1 is 1.26 bits per heavy atom. The van der Waals surface area contributed by atoms with Crippen LogP contribution in [0.5, 0.6) is 0 Å². The fourth-order valence-corrected chi connectivity index (χ4v) is 3.12. The predicted octanol–water partition coefficient (Wildman–Crippen LogP) is 2.97. The van der Waals surface area contributed by atoms with Crippen molar-refractivity contribution in [2.24, 2.45) is 17.1 Å². The molecule has 0 unspecified atom stereocenters. The Balaban J connectivity index is 0.00000180. The molecule has 3 nitrogen and oxygen atoms in total. The highest BCUT2D eigenvalue weighted by atomic mass is 35.5. The average molecular weight is 289 g/mol. The first-order valence-electron chi connectivity index (χ1n) is 7.59. The van der Waals surface area contributed by atoms with Crippen LogP contribution < -0.4 is 5.73 Å². The molecule has 0 radical (unpaired) electrons. The van der Waals surface area contributed by atoms with E-state index in [9.17, 15) is 4.79 Å². The second kappa shape index (κ2) is 7.49. The SMILES string of the molecule is CN(CCC1CC1)C(=O)CC1(CN)CCCCC1.Cl. The lowest BCUT2D eigenvalue weighted by molar-refractivity contribution is -0.133. The first kappa shape index (κ1) is 16.8. The Hall–Kier alpha value is -0.280. The third-order valence-electron chi connectivity index (χ3n) is 4.87. The number of nitrogens with zero attached hydrogens (tertiary/aromatic N) is 1. The van der Waals surface area contributed by atoms with Crippen molar-refractivity contribution in [3.8, 4) is 0 Å². The van der Waals surface area contributed by atoms with Gasteiger partial charge < -0.3 is 10.6 Å². The van der Waals surface area contributed by atoms with Crippen molar-refractivity contribution in [3.05, 3.63) is 0 Å². The molecule has 0 aliphatic heterocycles. The Labute approximate surface area is 123 Å². The molecule has 0 saturated heterocycles. The number of carbonyl (C=O) groups is 1.